The number of aliphatic hydroxyl groups excluding tert-OH is 2. The number of aliphatic hydroxyl groups is 2. The summed E-state index contributed by atoms with van der Waals surface area (Å²) < 4.78 is 0. The largest absolute Gasteiger partial charge is 0.393 e. The average Bonchev–Trinajstić information content (AvgIpc) is 2.42. The van der Waals surface area contributed by atoms with E-state index >= 15 is 0 Å². The SMILES string of the molecule is CCCCCCC(O)CCC(O)C1CCCCC1. The molecule has 2 N–H and O–H groups in total. The van der Waals surface area contributed by atoms with Crippen LogP contribution in [0.2, 0.25) is 0 Å². The zero-order valence-corrected chi connectivity index (χ0v) is 12.1. The van der Waals surface area contributed by atoms with Crippen LogP contribution in [0.15, 0.2) is 0 Å². The number of hydrogen-bond acceptors (Lipinski definition) is 2. The molecule has 0 aliphatic heterocycles. The zero-order valence-electron chi connectivity index (χ0n) is 12.1. The molecule has 1 aliphatic carbocycles. The lowest BCUT2D eigenvalue weighted by atomic mass is 9.83. The first-order valence-electron chi connectivity index (χ1n) is 8.10. The molecule has 0 bridgehead atoms. The van der Waals surface area contributed by atoms with Gasteiger partial charge in [-0.15, -0.1) is 0 Å². The third kappa shape index (κ3) is 6.75. The van der Waals surface area contributed by atoms with E-state index in [1.807, 2.05) is 0 Å². The molecule has 1 fully saturated rings. The quantitative estimate of drug-likeness (QED) is 0.611. The van der Waals surface area contributed by atoms with Crippen LogP contribution in [0.1, 0.15) is 84.0 Å². The fourth-order valence-corrected chi connectivity index (χ4v) is 3.07. The third-order valence-corrected chi connectivity index (χ3v) is 4.38. The molecule has 2 unspecified atom stereocenters. The summed E-state index contributed by atoms with van der Waals surface area (Å²) in [7, 11) is 0. The Labute approximate surface area is 113 Å². The maximum Gasteiger partial charge on any atom is 0.0569 e. The van der Waals surface area contributed by atoms with Crippen LogP contribution in [-0.2, 0) is 0 Å². The Hall–Kier alpha value is -0.0800. The fourth-order valence-electron chi connectivity index (χ4n) is 3.07. The highest BCUT2D eigenvalue weighted by atomic mass is 16.3. The van der Waals surface area contributed by atoms with Gasteiger partial charge >= 0.3 is 0 Å². The van der Waals surface area contributed by atoms with Crippen LogP contribution in [-0.4, -0.2) is 22.4 Å². The molecule has 0 radical (unpaired) electrons. The van der Waals surface area contributed by atoms with Crippen LogP contribution >= 0.6 is 0 Å². The van der Waals surface area contributed by atoms with Crippen LogP contribution in [0.4, 0.5) is 0 Å². The van der Waals surface area contributed by atoms with Crippen LogP contribution in [0.3, 0.4) is 0 Å². The molecule has 0 saturated heterocycles. The summed E-state index contributed by atoms with van der Waals surface area (Å²) in [5.74, 6) is 0.506. The molecule has 0 amide bonds. The van der Waals surface area contributed by atoms with Gasteiger partial charge in [0.15, 0.2) is 0 Å². The zero-order chi connectivity index (χ0) is 13.2. The maximum atomic E-state index is 10.1. The Morgan fingerprint density at radius 2 is 1.61 bits per heavy atom. The van der Waals surface area contributed by atoms with Crippen molar-refractivity contribution in [2.75, 3.05) is 0 Å². The van der Waals surface area contributed by atoms with E-state index in [2.05, 4.69) is 6.92 Å². The molecule has 2 atom stereocenters. The van der Waals surface area contributed by atoms with Crippen molar-refractivity contribution < 1.29 is 10.2 Å². The molecule has 108 valence electrons. The van der Waals surface area contributed by atoms with Crippen molar-refractivity contribution in [2.24, 2.45) is 5.92 Å². The second-order valence-electron chi connectivity index (χ2n) is 6.05. The minimum atomic E-state index is -0.194. The fraction of sp³-hybridized carbons (Fsp3) is 1.00. The van der Waals surface area contributed by atoms with Gasteiger partial charge in [-0.1, -0.05) is 51.9 Å². The van der Waals surface area contributed by atoms with Crippen molar-refractivity contribution in [3.63, 3.8) is 0 Å². The predicted molar refractivity (Wildman–Crippen MR) is 76.6 cm³/mol. The third-order valence-electron chi connectivity index (χ3n) is 4.38. The van der Waals surface area contributed by atoms with Gasteiger partial charge < -0.3 is 10.2 Å². The first-order valence-corrected chi connectivity index (χ1v) is 8.10. The second-order valence-corrected chi connectivity index (χ2v) is 6.05. The standard InChI is InChI=1S/C16H32O2/c1-2-3-4-8-11-15(17)12-13-16(18)14-9-6-5-7-10-14/h14-18H,2-13H2,1H3. The second kappa shape index (κ2) is 9.80. The van der Waals surface area contributed by atoms with Gasteiger partial charge in [-0.3, -0.25) is 0 Å². The molecular weight excluding hydrogens is 224 g/mol. The number of unbranched alkanes of at least 4 members (excludes halogenated alkanes) is 3. The minimum absolute atomic E-state index is 0.171. The van der Waals surface area contributed by atoms with Crippen molar-refractivity contribution in [2.45, 2.75) is 96.2 Å². The summed E-state index contributed by atoms with van der Waals surface area (Å²) >= 11 is 0. The van der Waals surface area contributed by atoms with Crippen LogP contribution in [0, 0.1) is 5.92 Å². The first kappa shape index (κ1) is 16.0. The van der Waals surface area contributed by atoms with Crippen molar-refractivity contribution in [1.29, 1.82) is 0 Å². The van der Waals surface area contributed by atoms with Crippen LogP contribution in [0.5, 0.6) is 0 Å². The molecule has 0 spiro atoms. The smallest absolute Gasteiger partial charge is 0.0569 e. The summed E-state index contributed by atoms with van der Waals surface area (Å²) in [6.45, 7) is 2.21. The predicted octanol–water partition coefficient (Wildman–Crippen LogP) is 4.04. The molecule has 1 rings (SSSR count). The van der Waals surface area contributed by atoms with Gasteiger partial charge in [0.05, 0.1) is 12.2 Å². The van der Waals surface area contributed by atoms with Gasteiger partial charge in [0.2, 0.25) is 0 Å². The van der Waals surface area contributed by atoms with E-state index in [1.54, 1.807) is 0 Å². The Morgan fingerprint density at radius 1 is 0.889 bits per heavy atom. The van der Waals surface area contributed by atoms with E-state index in [4.69, 9.17) is 0 Å². The van der Waals surface area contributed by atoms with E-state index in [1.165, 1.54) is 51.4 Å². The molecule has 18 heavy (non-hydrogen) atoms. The van der Waals surface area contributed by atoms with Gasteiger partial charge in [0, 0.05) is 0 Å². The van der Waals surface area contributed by atoms with Crippen molar-refractivity contribution in [3.05, 3.63) is 0 Å². The highest BCUT2D eigenvalue weighted by Gasteiger charge is 2.22. The molecule has 0 heterocycles. The average molecular weight is 256 g/mol. The van der Waals surface area contributed by atoms with Gasteiger partial charge in [0.25, 0.3) is 0 Å². The van der Waals surface area contributed by atoms with Gasteiger partial charge in [-0.25, -0.2) is 0 Å². The lowest BCUT2D eigenvalue weighted by Crippen LogP contribution is -2.24. The highest BCUT2D eigenvalue weighted by molar-refractivity contribution is 4.74. The normalized spacial score (nSPS) is 20.8. The molecule has 1 saturated carbocycles. The first-order chi connectivity index (χ1) is 8.74. The van der Waals surface area contributed by atoms with E-state index in [0.29, 0.717) is 5.92 Å². The lowest BCUT2D eigenvalue weighted by Gasteiger charge is -2.27. The van der Waals surface area contributed by atoms with Gasteiger partial charge in [0.1, 0.15) is 0 Å². The Bertz CT molecular complexity index is 188. The van der Waals surface area contributed by atoms with E-state index < -0.39 is 0 Å². The molecule has 2 heteroatoms. The molecule has 1 aliphatic rings. The molecule has 0 aromatic rings. The topological polar surface area (TPSA) is 40.5 Å². The van der Waals surface area contributed by atoms with Crippen molar-refractivity contribution in [3.8, 4) is 0 Å². The Kier molecular flexibility index (Phi) is 8.70. The molecule has 0 aromatic heterocycles. The van der Waals surface area contributed by atoms with Crippen LogP contribution in [0.25, 0.3) is 0 Å². The summed E-state index contributed by atoms with van der Waals surface area (Å²) in [5, 5.41) is 20.0. The van der Waals surface area contributed by atoms with Gasteiger partial charge in [-0.2, -0.15) is 0 Å². The Morgan fingerprint density at radius 3 is 2.28 bits per heavy atom. The summed E-state index contributed by atoms with van der Waals surface area (Å²) in [6, 6.07) is 0. The van der Waals surface area contributed by atoms with Crippen molar-refractivity contribution >= 4 is 0 Å². The summed E-state index contributed by atoms with van der Waals surface area (Å²) in [6.07, 6.45) is 13.3. The van der Waals surface area contributed by atoms with Crippen LogP contribution < -0.4 is 0 Å². The molecule has 0 aromatic carbocycles. The Balaban J connectivity index is 2.03. The number of rotatable bonds is 9. The highest BCUT2D eigenvalue weighted by Crippen LogP contribution is 2.28. The molecule has 2 nitrogen and oxygen atoms in total. The van der Waals surface area contributed by atoms with Crippen molar-refractivity contribution in [1.82, 2.24) is 0 Å². The van der Waals surface area contributed by atoms with E-state index in [-0.39, 0.29) is 12.2 Å². The number of hydrogen-bond donors (Lipinski definition) is 2. The lowest BCUT2D eigenvalue weighted by molar-refractivity contribution is 0.0557. The van der Waals surface area contributed by atoms with Gasteiger partial charge in [-0.05, 0) is 38.0 Å². The monoisotopic (exact) mass is 256 g/mol. The summed E-state index contributed by atoms with van der Waals surface area (Å²) in [5.41, 5.74) is 0. The summed E-state index contributed by atoms with van der Waals surface area (Å²) in [4.78, 5) is 0. The van der Waals surface area contributed by atoms with E-state index in [9.17, 15) is 10.2 Å². The van der Waals surface area contributed by atoms with E-state index in [0.717, 1.165) is 25.7 Å². The molecular formula is C16H32O2. The maximum absolute atomic E-state index is 10.1. The minimum Gasteiger partial charge on any atom is -0.393 e.